The third-order valence-electron chi connectivity index (χ3n) is 5.28. The van der Waals surface area contributed by atoms with Gasteiger partial charge in [0.05, 0.1) is 5.52 Å². The standard InChI is InChI=1S/C24H14N/c1-2-8-16-15(7-1)13-14-21-22(16)23-19-11-5-3-9-17(19)18-10-4-6-12-20(18)24(23)25-21/h1-12,14,25H. The molecule has 0 aliphatic rings. The fourth-order valence-electron chi connectivity index (χ4n) is 4.23. The van der Waals surface area contributed by atoms with E-state index in [0.29, 0.717) is 0 Å². The Balaban J connectivity index is 2.05. The fraction of sp³-hybridized carbons (Fsp3) is 0. The highest BCUT2D eigenvalue weighted by molar-refractivity contribution is 6.34. The third-order valence-corrected chi connectivity index (χ3v) is 5.28. The van der Waals surface area contributed by atoms with Gasteiger partial charge in [-0.25, -0.2) is 0 Å². The van der Waals surface area contributed by atoms with Crippen LogP contribution in [0.3, 0.4) is 0 Å². The quantitative estimate of drug-likeness (QED) is 0.305. The summed E-state index contributed by atoms with van der Waals surface area (Å²) in [5.74, 6) is 0. The summed E-state index contributed by atoms with van der Waals surface area (Å²) in [5, 5.41) is 10.2. The number of aromatic amines is 1. The molecule has 6 aromatic rings. The number of H-pyrrole nitrogens is 1. The maximum atomic E-state index is 3.67. The van der Waals surface area contributed by atoms with Gasteiger partial charge in [0, 0.05) is 21.7 Å². The van der Waals surface area contributed by atoms with Crippen LogP contribution < -0.4 is 0 Å². The SMILES string of the molecule is [c]1cc2[nH]c3c4ccccc4c4ccccc4c3c2c2ccccc12. The molecule has 0 saturated heterocycles. The summed E-state index contributed by atoms with van der Waals surface area (Å²) in [7, 11) is 0. The number of hydrogen-bond donors (Lipinski definition) is 1. The predicted octanol–water partition coefficient (Wildman–Crippen LogP) is 6.58. The first-order chi connectivity index (χ1) is 12.4. The lowest BCUT2D eigenvalue weighted by Gasteiger charge is -2.07. The van der Waals surface area contributed by atoms with Crippen LogP contribution in [0.25, 0.3) is 54.1 Å². The van der Waals surface area contributed by atoms with Crippen LogP contribution in [0.15, 0.2) is 78.9 Å². The molecule has 0 aliphatic carbocycles. The largest absolute Gasteiger partial charge is 0.354 e. The fourth-order valence-corrected chi connectivity index (χ4v) is 4.23. The zero-order chi connectivity index (χ0) is 16.4. The first kappa shape index (κ1) is 13.0. The van der Waals surface area contributed by atoms with Crippen molar-refractivity contribution >= 4 is 54.1 Å². The Bertz CT molecular complexity index is 1440. The molecular weight excluding hydrogens is 302 g/mol. The van der Waals surface area contributed by atoms with Crippen LogP contribution in [0.5, 0.6) is 0 Å². The average molecular weight is 316 g/mol. The molecule has 1 N–H and O–H groups in total. The number of hydrogen-bond acceptors (Lipinski definition) is 0. The van der Waals surface area contributed by atoms with E-state index < -0.39 is 0 Å². The second-order valence-corrected chi connectivity index (χ2v) is 6.59. The normalized spacial score (nSPS) is 12.0. The molecule has 0 bridgehead atoms. The van der Waals surface area contributed by atoms with Crippen LogP contribution in [-0.4, -0.2) is 4.98 Å². The Hall–Kier alpha value is -3.32. The zero-order valence-corrected chi connectivity index (χ0v) is 13.5. The lowest BCUT2D eigenvalue weighted by molar-refractivity contribution is 1.57. The summed E-state index contributed by atoms with van der Waals surface area (Å²) in [6.45, 7) is 0. The number of rotatable bonds is 0. The van der Waals surface area contributed by atoms with Crippen molar-refractivity contribution in [1.82, 2.24) is 4.98 Å². The lowest BCUT2D eigenvalue weighted by Crippen LogP contribution is -1.81. The summed E-state index contributed by atoms with van der Waals surface area (Å²) in [6.07, 6.45) is 0. The van der Waals surface area contributed by atoms with Crippen LogP contribution in [0.4, 0.5) is 0 Å². The Morgan fingerprint density at radius 3 is 1.96 bits per heavy atom. The van der Waals surface area contributed by atoms with Crippen LogP contribution >= 0.6 is 0 Å². The van der Waals surface area contributed by atoms with E-state index in [4.69, 9.17) is 0 Å². The molecule has 25 heavy (non-hydrogen) atoms. The van der Waals surface area contributed by atoms with Gasteiger partial charge in [-0.1, -0.05) is 72.8 Å². The van der Waals surface area contributed by atoms with E-state index in [2.05, 4.69) is 89.9 Å². The summed E-state index contributed by atoms with van der Waals surface area (Å²) in [6, 6.07) is 31.4. The number of benzene rings is 5. The minimum absolute atomic E-state index is 1.15. The molecule has 0 aliphatic heterocycles. The van der Waals surface area contributed by atoms with Crippen LogP contribution in [0.2, 0.25) is 0 Å². The molecule has 5 aromatic carbocycles. The van der Waals surface area contributed by atoms with E-state index >= 15 is 0 Å². The Kier molecular flexibility index (Phi) is 2.40. The predicted molar refractivity (Wildman–Crippen MR) is 107 cm³/mol. The monoisotopic (exact) mass is 316 g/mol. The van der Waals surface area contributed by atoms with Gasteiger partial charge in [-0.15, -0.1) is 0 Å². The number of fused-ring (bicyclic) bond motifs is 10. The van der Waals surface area contributed by atoms with Crippen molar-refractivity contribution in [3.63, 3.8) is 0 Å². The van der Waals surface area contributed by atoms with E-state index in [9.17, 15) is 0 Å². The Morgan fingerprint density at radius 1 is 0.560 bits per heavy atom. The van der Waals surface area contributed by atoms with Gasteiger partial charge in [-0.3, -0.25) is 0 Å². The first-order valence-electron chi connectivity index (χ1n) is 8.56. The second-order valence-electron chi connectivity index (χ2n) is 6.59. The van der Waals surface area contributed by atoms with Crippen LogP contribution in [-0.2, 0) is 0 Å². The molecule has 0 saturated carbocycles. The van der Waals surface area contributed by atoms with Crippen molar-refractivity contribution in [3.05, 3.63) is 84.9 Å². The van der Waals surface area contributed by atoms with Gasteiger partial charge < -0.3 is 4.98 Å². The molecule has 0 unspecified atom stereocenters. The van der Waals surface area contributed by atoms with Crippen molar-refractivity contribution in [2.24, 2.45) is 0 Å². The minimum atomic E-state index is 1.15. The van der Waals surface area contributed by atoms with Crippen molar-refractivity contribution in [2.45, 2.75) is 0 Å². The zero-order valence-electron chi connectivity index (χ0n) is 13.5. The molecule has 0 spiro atoms. The third kappa shape index (κ3) is 1.62. The second kappa shape index (κ2) is 4.61. The van der Waals surface area contributed by atoms with E-state index in [0.717, 1.165) is 10.9 Å². The highest BCUT2D eigenvalue weighted by Crippen LogP contribution is 2.40. The number of nitrogens with one attached hydrogen (secondary N) is 1. The van der Waals surface area contributed by atoms with Gasteiger partial charge in [0.2, 0.25) is 0 Å². The maximum absolute atomic E-state index is 3.67. The van der Waals surface area contributed by atoms with Gasteiger partial charge in [-0.2, -0.15) is 0 Å². The molecule has 0 atom stereocenters. The highest BCUT2D eigenvalue weighted by Gasteiger charge is 2.14. The van der Waals surface area contributed by atoms with Gasteiger partial charge in [0.15, 0.2) is 0 Å². The van der Waals surface area contributed by atoms with Crippen LogP contribution in [0, 0.1) is 6.07 Å². The van der Waals surface area contributed by atoms with Gasteiger partial charge in [0.25, 0.3) is 0 Å². The molecule has 6 rings (SSSR count). The van der Waals surface area contributed by atoms with Crippen molar-refractivity contribution < 1.29 is 0 Å². The van der Waals surface area contributed by atoms with Crippen molar-refractivity contribution in [2.75, 3.05) is 0 Å². The molecule has 1 radical (unpaired) electrons. The maximum Gasteiger partial charge on any atom is 0.0551 e. The first-order valence-corrected chi connectivity index (χ1v) is 8.56. The molecule has 0 amide bonds. The Morgan fingerprint density at radius 2 is 1.16 bits per heavy atom. The van der Waals surface area contributed by atoms with Crippen molar-refractivity contribution in [3.8, 4) is 0 Å². The van der Waals surface area contributed by atoms with Gasteiger partial charge >= 0.3 is 0 Å². The molecular formula is C24H14N. The molecule has 1 heteroatoms. The van der Waals surface area contributed by atoms with E-state index in [-0.39, 0.29) is 0 Å². The molecule has 0 fully saturated rings. The van der Waals surface area contributed by atoms with Gasteiger partial charge in [0.1, 0.15) is 0 Å². The lowest BCUT2D eigenvalue weighted by atomic mass is 9.95. The summed E-state index contributed by atoms with van der Waals surface area (Å²) in [4.78, 5) is 3.67. The highest BCUT2D eigenvalue weighted by atomic mass is 14.7. The van der Waals surface area contributed by atoms with E-state index in [1.807, 2.05) is 0 Å². The van der Waals surface area contributed by atoms with E-state index in [1.54, 1.807) is 0 Å². The summed E-state index contributed by atoms with van der Waals surface area (Å²) in [5.41, 5.74) is 2.37. The van der Waals surface area contributed by atoms with E-state index in [1.165, 1.54) is 43.2 Å². The van der Waals surface area contributed by atoms with Crippen molar-refractivity contribution in [1.29, 1.82) is 0 Å². The molecule has 1 heterocycles. The Labute approximate surface area is 144 Å². The molecule has 115 valence electrons. The van der Waals surface area contributed by atoms with Gasteiger partial charge in [-0.05, 0) is 39.1 Å². The van der Waals surface area contributed by atoms with Crippen LogP contribution in [0.1, 0.15) is 0 Å². The average Bonchev–Trinajstić information content (AvgIpc) is 3.09. The molecule has 1 nitrogen and oxygen atoms in total. The smallest absolute Gasteiger partial charge is 0.0551 e. The molecule has 1 aromatic heterocycles. The summed E-state index contributed by atoms with van der Waals surface area (Å²) < 4.78 is 0. The summed E-state index contributed by atoms with van der Waals surface area (Å²) >= 11 is 0. The number of aromatic nitrogens is 1. The topological polar surface area (TPSA) is 15.8 Å². The minimum Gasteiger partial charge on any atom is -0.354 e.